The average Bonchev–Trinajstić information content (AvgIpc) is 3.36. The molecule has 0 fully saturated rings. The Morgan fingerprint density at radius 3 is 2.32 bits per heavy atom. The van der Waals surface area contributed by atoms with E-state index in [0.717, 1.165) is 11.3 Å². The van der Waals surface area contributed by atoms with Gasteiger partial charge in [-0.1, -0.05) is 18.2 Å². The minimum Gasteiger partial charge on any atom is -0.486 e. The van der Waals surface area contributed by atoms with Gasteiger partial charge in [-0.3, -0.25) is 4.72 Å². The fourth-order valence-electron chi connectivity index (χ4n) is 3.46. The Kier molecular flexibility index (Phi) is 5.81. The molecule has 1 aliphatic rings. The van der Waals surface area contributed by atoms with Crippen molar-refractivity contribution in [2.24, 2.45) is 0 Å². The number of rotatable bonds is 7. The normalized spacial score (nSPS) is 13.8. The largest absolute Gasteiger partial charge is 0.486 e. The Morgan fingerprint density at radius 1 is 0.853 bits per heavy atom. The zero-order valence-electron chi connectivity index (χ0n) is 18.3. The van der Waals surface area contributed by atoms with Crippen LogP contribution < -0.4 is 19.5 Å². The lowest BCUT2D eigenvalue weighted by Crippen LogP contribution is -2.17. The number of anilines is 2. The molecule has 34 heavy (non-hydrogen) atoms. The van der Waals surface area contributed by atoms with Gasteiger partial charge < -0.3 is 19.2 Å². The number of nitrogens with zero attached hydrogens (tertiary/aromatic N) is 2. The lowest BCUT2D eigenvalue weighted by atomic mass is 10.2. The summed E-state index contributed by atoms with van der Waals surface area (Å²) < 4.78 is 44.9. The van der Waals surface area contributed by atoms with Crippen LogP contribution in [0, 0.1) is 0 Å². The van der Waals surface area contributed by atoms with E-state index in [1.165, 1.54) is 12.1 Å². The van der Waals surface area contributed by atoms with Gasteiger partial charge in [-0.05, 0) is 55.5 Å². The average molecular weight is 479 g/mol. The van der Waals surface area contributed by atoms with Gasteiger partial charge in [-0.2, -0.15) is 0 Å². The molecular formula is C24H22N4O5S. The highest BCUT2D eigenvalue weighted by molar-refractivity contribution is 7.92. The Bertz CT molecular complexity index is 1390. The van der Waals surface area contributed by atoms with Crippen LogP contribution in [0.5, 0.6) is 11.5 Å². The van der Waals surface area contributed by atoms with Crippen LogP contribution in [0.3, 0.4) is 0 Å². The maximum absolute atomic E-state index is 12.8. The van der Waals surface area contributed by atoms with E-state index in [1.807, 2.05) is 37.3 Å². The highest BCUT2D eigenvalue weighted by Crippen LogP contribution is 2.33. The Morgan fingerprint density at radius 2 is 1.56 bits per heavy atom. The maximum Gasteiger partial charge on any atom is 0.262 e. The SMILES string of the molecule is C[C@@H](Nc1ccc(NS(=O)(=O)c2ccc3c(c2)OCCO3)cc1)c1nnc(-c2ccccc2)o1. The quantitative estimate of drug-likeness (QED) is 0.399. The number of sulfonamides is 1. The molecule has 2 heterocycles. The molecule has 3 aromatic carbocycles. The standard InChI is InChI=1S/C24H22N4O5S/c1-16(23-26-27-24(33-23)17-5-3-2-4-6-17)25-18-7-9-19(10-8-18)28-34(29,30)20-11-12-21-22(15-20)32-14-13-31-21/h2-12,15-16,25,28H,13-14H2,1H3/t16-/m1/s1. The van der Waals surface area contributed by atoms with Gasteiger partial charge in [0.2, 0.25) is 11.8 Å². The third-order valence-corrected chi connectivity index (χ3v) is 6.55. The summed E-state index contributed by atoms with van der Waals surface area (Å²) in [6.07, 6.45) is 0. The van der Waals surface area contributed by atoms with E-state index in [9.17, 15) is 8.42 Å². The first-order valence-corrected chi connectivity index (χ1v) is 12.1. The van der Waals surface area contributed by atoms with E-state index < -0.39 is 10.0 Å². The van der Waals surface area contributed by atoms with Crippen molar-refractivity contribution in [2.45, 2.75) is 17.9 Å². The summed E-state index contributed by atoms with van der Waals surface area (Å²) >= 11 is 0. The van der Waals surface area contributed by atoms with Crippen LogP contribution in [0.25, 0.3) is 11.5 Å². The van der Waals surface area contributed by atoms with Crippen LogP contribution in [0.2, 0.25) is 0 Å². The molecule has 10 heteroatoms. The molecule has 0 bridgehead atoms. The van der Waals surface area contributed by atoms with Crippen molar-refractivity contribution in [3.63, 3.8) is 0 Å². The molecule has 2 N–H and O–H groups in total. The van der Waals surface area contributed by atoms with Crippen molar-refractivity contribution in [3.8, 4) is 23.0 Å². The van der Waals surface area contributed by atoms with Crippen LogP contribution in [-0.4, -0.2) is 31.8 Å². The van der Waals surface area contributed by atoms with Crippen molar-refractivity contribution in [3.05, 3.63) is 78.7 Å². The lowest BCUT2D eigenvalue weighted by Gasteiger charge is -2.19. The van der Waals surface area contributed by atoms with E-state index in [4.69, 9.17) is 13.9 Å². The minimum atomic E-state index is -3.79. The number of nitrogens with one attached hydrogen (secondary N) is 2. The minimum absolute atomic E-state index is 0.0955. The van der Waals surface area contributed by atoms with Crippen LogP contribution >= 0.6 is 0 Å². The molecule has 1 aliphatic heterocycles. The Balaban J connectivity index is 1.24. The second-order valence-electron chi connectivity index (χ2n) is 7.67. The van der Waals surface area contributed by atoms with Crippen molar-refractivity contribution in [1.82, 2.24) is 10.2 Å². The first-order valence-electron chi connectivity index (χ1n) is 10.7. The third-order valence-electron chi connectivity index (χ3n) is 5.18. The molecule has 0 amide bonds. The Hall–Kier alpha value is -4.05. The number of aromatic nitrogens is 2. The third kappa shape index (κ3) is 4.67. The predicted octanol–water partition coefficient (Wildman–Crippen LogP) is 4.48. The molecule has 0 spiro atoms. The molecular weight excluding hydrogens is 456 g/mol. The molecule has 4 aromatic rings. The predicted molar refractivity (Wildman–Crippen MR) is 126 cm³/mol. The number of ether oxygens (including phenoxy) is 2. The molecule has 0 aliphatic carbocycles. The smallest absolute Gasteiger partial charge is 0.262 e. The second-order valence-corrected chi connectivity index (χ2v) is 9.35. The van der Waals surface area contributed by atoms with Crippen LogP contribution in [0.4, 0.5) is 11.4 Å². The van der Waals surface area contributed by atoms with E-state index >= 15 is 0 Å². The van der Waals surface area contributed by atoms with Gasteiger partial charge in [-0.25, -0.2) is 8.42 Å². The number of hydrogen-bond donors (Lipinski definition) is 2. The van der Waals surface area contributed by atoms with E-state index in [0.29, 0.717) is 42.2 Å². The van der Waals surface area contributed by atoms with Crippen LogP contribution in [0.15, 0.2) is 82.1 Å². The molecule has 0 saturated heterocycles. The van der Waals surface area contributed by atoms with Gasteiger partial charge in [0, 0.05) is 23.0 Å². The van der Waals surface area contributed by atoms with Crippen molar-refractivity contribution in [2.75, 3.05) is 23.3 Å². The van der Waals surface area contributed by atoms with Gasteiger partial charge in [0.15, 0.2) is 11.5 Å². The van der Waals surface area contributed by atoms with Gasteiger partial charge in [0.25, 0.3) is 10.0 Å². The molecule has 1 aromatic heterocycles. The number of hydrogen-bond acceptors (Lipinski definition) is 8. The second kappa shape index (κ2) is 9.06. The van der Waals surface area contributed by atoms with Gasteiger partial charge in [0.05, 0.1) is 4.90 Å². The van der Waals surface area contributed by atoms with Crippen molar-refractivity contribution < 1.29 is 22.3 Å². The molecule has 174 valence electrons. The van der Waals surface area contributed by atoms with Crippen LogP contribution in [-0.2, 0) is 10.0 Å². The summed E-state index contributed by atoms with van der Waals surface area (Å²) in [5.41, 5.74) is 2.05. The number of benzene rings is 3. The fourth-order valence-corrected chi connectivity index (χ4v) is 4.53. The summed E-state index contributed by atoms with van der Waals surface area (Å²) in [7, 11) is -3.79. The zero-order chi connectivity index (χ0) is 23.5. The van der Waals surface area contributed by atoms with Crippen molar-refractivity contribution >= 4 is 21.4 Å². The summed E-state index contributed by atoms with van der Waals surface area (Å²) in [6, 6.07) is 20.7. The van der Waals surface area contributed by atoms with Gasteiger partial charge in [-0.15, -0.1) is 10.2 Å². The first kappa shape index (κ1) is 21.8. The van der Waals surface area contributed by atoms with Gasteiger partial charge in [0.1, 0.15) is 19.3 Å². The molecule has 9 nitrogen and oxygen atoms in total. The highest BCUT2D eigenvalue weighted by Gasteiger charge is 2.20. The monoisotopic (exact) mass is 478 g/mol. The topological polar surface area (TPSA) is 116 Å². The molecule has 1 atom stereocenters. The molecule has 0 saturated carbocycles. The number of fused-ring (bicyclic) bond motifs is 1. The van der Waals surface area contributed by atoms with Gasteiger partial charge >= 0.3 is 0 Å². The van der Waals surface area contributed by atoms with E-state index in [1.54, 1.807) is 30.3 Å². The molecule has 0 unspecified atom stereocenters. The molecule has 0 radical (unpaired) electrons. The lowest BCUT2D eigenvalue weighted by molar-refractivity contribution is 0.171. The Labute approximate surface area is 196 Å². The van der Waals surface area contributed by atoms with Crippen LogP contribution in [0.1, 0.15) is 18.9 Å². The summed E-state index contributed by atoms with van der Waals surface area (Å²) in [5, 5.41) is 11.5. The maximum atomic E-state index is 12.8. The van der Waals surface area contributed by atoms with E-state index in [-0.39, 0.29) is 10.9 Å². The summed E-state index contributed by atoms with van der Waals surface area (Å²) in [6.45, 7) is 2.73. The first-order chi connectivity index (χ1) is 16.5. The summed E-state index contributed by atoms with van der Waals surface area (Å²) in [4.78, 5) is 0.0955. The highest BCUT2D eigenvalue weighted by atomic mass is 32.2. The summed E-state index contributed by atoms with van der Waals surface area (Å²) in [5.74, 6) is 1.85. The zero-order valence-corrected chi connectivity index (χ0v) is 19.1. The van der Waals surface area contributed by atoms with Crippen molar-refractivity contribution in [1.29, 1.82) is 0 Å². The fraction of sp³-hybridized carbons (Fsp3) is 0.167. The molecule has 5 rings (SSSR count). The van der Waals surface area contributed by atoms with E-state index in [2.05, 4.69) is 20.2 Å².